The summed E-state index contributed by atoms with van der Waals surface area (Å²) in [5.41, 5.74) is 0. The SMILES string of the molecule is COC(=O)CCCCCCC1C(=O)CCC1C[N+](=O)[O-]. The zero-order valence-corrected chi connectivity index (χ0v) is 12.0. The minimum absolute atomic E-state index is 0.0763. The first-order valence-electron chi connectivity index (χ1n) is 7.26. The zero-order valence-electron chi connectivity index (χ0n) is 12.0. The molecule has 0 aliphatic heterocycles. The van der Waals surface area contributed by atoms with Gasteiger partial charge >= 0.3 is 5.97 Å². The van der Waals surface area contributed by atoms with Crippen molar-refractivity contribution >= 4 is 11.8 Å². The number of rotatable bonds is 9. The molecule has 0 heterocycles. The lowest BCUT2D eigenvalue weighted by Crippen LogP contribution is -2.21. The van der Waals surface area contributed by atoms with E-state index in [0.29, 0.717) is 19.3 Å². The fourth-order valence-electron chi connectivity index (χ4n) is 2.87. The number of esters is 1. The second-order valence-corrected chi connectivity index (χ2v) is 5.42. The van der Waals surface area contributed by atoms with Crippen molar-refractivity contribution in [1.29, 1.82) is 0 Å². The van der Waals surface area contributed by atoms with E-state index in [9.17, 15) is 19.7 Å². The normalized spacial score (nSPS) is 21.9. The summed E-state index contributed by atoms with van der Waals surface area (Å²) in [6.07, 6.45) is 5.90. The smallest absolute Gasteiger partial charge is 0.305 e. The number of ether oxygens (including phenoxy) is 1. The molecule has 2 atom stereocenters. The van der Waals surface area contributed by atoms with Gasteiger partial charge in [0.2, 0.25) is 6.54 Å². The molecule has 6 heteroatoms. The van der Waals surface area contributed by atoms with Gasteiger partial charge in [-0.25, -0.2) is 0 Å². The standard InChI is InChI=1S/C14H23NO5/c1-20-14(17)7-5-3-2-4-6-12-11(10-15(18)19)8-9-13(12)16/h11-12H,2-10H2,1H3. The molecule has 0 spiro atoms. The van der Waals surface area contributed by atoms with Crippen LogP contribution in [0.3, 0.4) is 0 Å². The van der Waals surface area contributed by atoms with E-state index >= 15 is 0 Å². The van der Waals surface area contributed by atoms with Gasteiger partial charge in [0.05, 0.1) is 7.11 Å². The lowest BCUT2D eigenvalue weighted by Gasteiger charge is -2.14. The minimum Gasteiger partial charge on any atom is -0.469 e. The van der Waals surface area contributed by atoms with Gasteiger partial charge < -0.3 is 4.74 Å². The van der Waals surface area contributed by atoms with Gasteiger partial charge in [0, 0.05) is 29.6 Å². The van der Waals surface area contributed by atoms with Crippen molar-refractivity contribution in [3.05, 3.63) is 10.1 Å². The second kappa shape index (κ2) is 8.66. The van der Waals surface area contributed by atoms with E-state index in [-0.39, 0.29) is 35.1 Å². The summed E-state index contributed by atoms with van der Waals surface area (Å²) in [5, 5.41) is 10.6. The van der Waals surface area contributed by atoms with E-state index < -0.39 is 0 Å². The Labute approximate surface area is 119 Å². The van der Waals surface area contributed by atoms with Gasteiger partial charge in [-0.1, -0.05) is 19.3 Å². The highest BCUT2D eigenvalue weighted by Crippen LogP contribution is 2.32. The monoisotopic (exact) mass is 285 g/mol. The summed E-state index contributed by atoms with van der Waals surface area (Å²) in [5.74, 6) is -0.206. The van der Waals surface area contributed by atoms with Crippen LogP contribution in [0, 0.1) is 22.0 Å². The molecule has 0 N–H and O–H groups in total. The zero-order chi connectivity index (χ0) is 15.0. The van der Waals surface area contributed by atoms with Gasteiger partial charge in [0.25, 0.3) is 0 Å². The molecule has 1 rings (SSSR count). The molecule has 6 nitrogen and oxygen atoms in total. The number of unbranched alkanes of at least 4 members (excludes halogenated alkanes) is 3. The Morgan fingerprint density at radius 1 is 1.35 bits per heavy atom. The van der Waals surface area contributed by atoms with Crippen LogP contribution in [0.4, 0.5) is 0 Å². The molecule has 0 bridgehead atoms. The molecule has 20 heavy (non-hydrogen) atoms. The number of carbonyl (C=O) groups excluding carboxylic acids is 2. The summed E-state index contributed by atoms with van der Waals surface area (Å²) < 4.78 is 4.56. The first kappa shape index (κ1) is 16.6. The Kier molecular flexibility index (Phi) is 7.18. The third-order valence-corrected chi connectivity index (χ3v) is 4.00. The number of ketones is 1. The highest BCUT2D eigenvalue weighted by molar-refractivity contribution is 5.83. The van der Waals surface area contributed by atoms with E-state index in [1.54, 1.807) is 0 Å². The van der Waals surface area contributed by atoms with E-state index in [1.165, 1.54) is 7.11 Å². The largest absolute Gasteiger partial charge is 0.469 e. The fourth-order valence-corrected chi connectivity index (χ4v) is 2.87. The molecule has 0 aromatic rings. The van der Waals surface area contributed by atoms with Crippen molar-refractivity contribution in [2.75, 3.05) is 13.7 Å². The van der Waals surface area contributed by atoms with E-state index in [0.717, 1.165) is 32.1 Å². The summed E-state index contributed by atoms with van der Waals surface area (Å²) in [6.45, 7) is -0.0846. The van der Waals surface area contributed by atoms with Crippen LogP contribution in [0.25, 0.3) is 0 Å². The summed E-state index contributed by atoms with van der Waals surface area (Å²) in [7, 11) is 1.38. The van der Waals surface area contributed by atoms with Crippen LogP contribution in [0.1, 0.15) is 51.4 Å². The lowest BCUT2D eigenvalue weighted by molar-refractivity contribution is -0.489. The fraction of sp³-hybridized carbons (Fsp3) is 0.857. The molecule has 0 radical (unpaired) electrons. The van der Waals surface area contributed by atoms with Crippen molar-refractivity contribution < 1.29 is 19.2 Å². The number of carbonyl (C=O) groups is 2. The Morgan fingerprint density at radius 2 is 2.05 bits per heavy atom. The average molecular weight is 285 g/mol. The van der Waals surface area contributed by atoms with Gasteiger partial charge in [-0.15, -0.1) is 0 Å². The Hall–Kier alpha value is -1.46. The molecular weight excluding hydrogens is 262 g/mol. The molecule has 1 aliphatic carbocycles. The lowest BCUT2D eigenvalue weighted by atomic mass is 9.90. The molecule has 0 saturated heterocycles. The topological polar surface area (TPSA) is 86.5 Å². The molecule has 1 aliphatic rings. The van der Waals surface area contributed by atoms with Crippen LogP contribution in [0.2, 0.25) is 0 Å². The molecule has 2 unspecified atom stereocenters. The Balaban J connectivity index is 2.17. The first-order valence-corrected chi connectivity index (χ1v) is 7.26. The van der Waals surface area contributed by atoms with Crippen molar-refractivity contribution in [2.45, 2.75) is 51.4 Å². The van der Waals surface area contributed by atoms with E-state index in [1.807, 2.05) is 0 Å². The minimum atomic E-state index is -0.313. The molecular formula is C14H23NO5. The van der Waals surface area contributed by atoms with Crippen LogP contribution < -0.4 is 0 Å². The average Bonchev–Trinajstić information content (AvgIpc) is 2.74. The van der Waals surface area contributed by atoms with Gasteiger partial charge in [-0.05, 0) is 19.3 Å². The predicted molar refractivity (Wildman–Crippen MR) is 72.8 cm³/mol. The molecule has 114 valence electrons. The molecule has 1 fully saturated rings. The van der Waals surface area contributed by atoms with Crippen LogP contribution >= 0.6 is 0 Å². The predicted octanol–water partition coefficient (Wildman–Crippen LogP) is 2.37. The molecule has 0 amide bonds. The van der Waals surface area contributed by atoms with E-state index in [4.69, 9.17) is 0 Å². The maximum Gasteiger partial charge on any atom is 0.305 e. The molecule has 0 aromatic heterocycles. The van der Waals surface area contributed by atoms with Crippen LogP contribution in [-0.2, 0) is 14.3 Å². The number of methoxy groups -OCH3 is 1. The van der Waals surface area contributed by atoms with Crippen LogP contribution in [-0.4, -0.2) is 30.3 Å². The summed E-state index contributed by atoms with van der Waals surface area (Å²) in [6, 6.07) is 0. The number of nitro groups is 1. The molecule has 0 aromatic carbocycles. The second-order valence-electron chi connectivity index (χ2n) is 5.42. The maximum absolute atomic E-state index is 11.7. The summed E-state index contributed by atoms with van der Waals surface area (Å²) >= 11 is 0. The van der Waals surface area contributed by atoms with Gasteiger partial charge in [-0.3, -0.25) is 19.7 Å². The number of hydrogen-bond acceptors (Lipinski definition) is 5. The van der Waals surface area contributed by atoms with Crippen molar-refractivity contribution in [1.82, 2.24) is 0 Å². The highest BCUT2D eigenvalue weighted by atomic mass is 16.6. The van der Waals surface area contributed by atoms with Gasteiger partial charge in [0.1, 0.15) is 5.78 Å². The summed E-state index contributed by atoms with van der Waals surface area (Å²) in [4.78, 5) is 32.9. The van der Waals surface area contributed by atoms with E-state index in [2.05, 4.69) is 4.74 Å². The quantitative estimate of drug-likeness (QED) is 0.281. The number of Topliss-reactive ketones (excluding diaryl/α,β-unsaturated/α-hetero) is 1. The Morgan fingerprint density at radius 3 is 2.70 bits per heavy atom. The van der Waals surface area contributed by atoms with Gasteiger partial charge in [-0.2, -0.15) is 0 Å². The van der Waals surface area contributed by atoms with Crippen LogP contribution in [0.5, 0.6) is 0 Å². The molecule has 1 saturated carbocycles. The number of nitrogens with zero attached hydrogens (tertiary/aromatic N) is 1. The third kappa shape index (κ3) is 5.67. The van der Waals surface area contributed by atoms with Gasteiger partial charge in [0.15, 0.2) is 0 Å². The first-order chi connectivity index (χ1) is 9.54. The number of hydrogen-bond donors (Lipinski definition) is 0. The van der Waals surface area contributed by atoms with Crippen molar-refractivity contribution in [2.24, 2.45) is 11.8 Å². The van der Waals surface area contributed by atoms with Crippen molar-refractivity contribution in [3.63, 3.8) is 0 Å². The highest BCUT2D eigenvalue weighted by Gasteiger charge is 2.36. The maximum atomic E-state index is 11.7. The third-order valence-electron chi connectivity index (χ3n) is 4.00. The van der Waals surface area contributed by atoms with Crippen molar-refractivity contribution in [3.8, 4) is 0 Å². The Bertz CT molecular complexity index is 355. The van der Waals surface area contributed by atoms with Crippen LogP contribution in [0.15, 0.2) is 0 Å².